The van der Waals surface area contributed by atoms with E-state index in [0.29, 0.717) is 24.5 Å². The van der Waals surface area contributed by atoms with Crippen LogP contribution in [0, 0.1) is 13.8 Å². The maximum atomic E-state index is 13.0. The number of rotatable bonds is 7. The molecule has 1 heterocycles. The zero-order valence-electron chi connectivity index (χ0n) is 17.3. The van der Waals surface area contributed by atoms with Crippen LogP contribution >= 0.6 is 0 Å². The van der Waals surface area contributed by atoms with Gasteiger partial charge in [-0.1, -0.05) is 19.1 Å². The van der Waals surface area contributed by atoms with Gasteiger partial charge in [-0.25, -0.2) is 8.42 Å². The standard InChI is InChI=1S/C20H31N3O4S/c1-5-10-21(4)19(24)8-9-20(25)22-11-13-23(14-12-22)28(26,27)18-15-16(2)6-7-17(18)3/h6-7,15H,5,8-14H2,1-4H3. The topological polar surface area (TPSA) is 78.0 Å². The maximum absolute atomic E-state index is 13.0. The molecule has 0 unspecified atom stereocenters. The summed E-state index contributed by atoms with van der Waals surface area (Å²) in [6.45, 7) is 7.58. The number of hydrogen-bond acceptors (Lipinski definition) is 4. The molecule has 0 N–H and O–H groups in total. The first-order valence-electron chi connectivity index (χ1n) is 9.76. The van der Waals surface area contributed by atoms with Gasteiger partial charge in [0.15, 0.2) is 0 Å². The normalized spacial score (nSPS) is 15.5. The largest absolute Gasteiger partial charge is 0.346 e. The van der Waals surface area contributed by atoms with Crippen LogP contribution in [0.1, 0.15) is 37.3 Å². The molecule has 7 nitrogen and oxygen atoms in total. The van der Waals surface area contributed by atoms with E-state index < -0.39 is 10.0 Å². The summed E-state index contributed by atoms with van der Waals surface area (Å²) in [6, 6.07) is 5.40. The van der Waals surface area contributed by atoms with Crippen molar-refractivity contribution < 1.29 is 18.0 Å². The van der Waals surface area contributed by atoms with Gasteiger partial charge >= 0.3 is 0 Å². The van der Waals surface area contributed by atoms with E-state index >= 15 is 0 Å². The van der Waals surface area contributed by atoms with Gasteiger partial charge in [-0.3, -0.25) is 9.59 Å². The second-order valence-electron chi connectivity index (χ2n) is 7.37. The van der Waals surface area contributed by atoms with E-state index in [0.717, 1.165) is 17.5 Å². The lowest BCUT2D eigenvalue weighted by molar-refractivity contribution is -0.137. The van der Waals surface area contributed by atoms with Crippen molar-refractivity contribution in [3.63, 3.8) is 0 Å². The van der Waals surface area contributed by atoms with Crippen LogP contribution in [0.3, 0.4) is 0 Å². The number of sulfonamides is 1. The summed E-state index contributed by atoms with van der Waals surface area (Å²) in [6.07, 6.45) is 1.24. The number of hydrogen-bond donors (Lipinski definition) is 0. The van der Waals surface area contributed by atoms with E-state index in [4.69, 9.17) is 0 Å². The molecule has 1 aromatic carbocycles. The van der Waals surface area contributed by atoms with Crippen molar-refractivity contribution in [2.75, 3.05) is 39.8 Å². The van der Waals surface area contributed by atoms with Crippen molar-refractivity contribution >= 4 is 21.8 Å². The van der Waals surface area contributed by atoms with Gasteiger partial charge in [0.1, 0.15) is 0 Å². The van der Waals surface area contributed by atoms with Crippen LogP contribution in [0.4, 0.5) is 0 Å². The van der Waals surface area contributed by atoms with Crippen molar-refractivity contribution in [3.05, 3.63) is 29.3 Å². The number of benzene rings is 1. The Kier molecular flexibility index (Phi) is 7.60. The summed E-state index contributed by atoms with van der Waals surface area (Å²) in [5.41, 5.74) is 1.62. The molecule has 8 heteroatoms. The minimum atomic E-state index is -3.57. The molecule has 1 fully saturated rings. The van der Waals surface area contributed by atoms with E-state index in [-0.39, 0.29) is 37.7 Å². The van der Waals surface area contributed by atoms with Crippen LogP contribution in [0.5, 0.6) is 0 Å². The van der Waals surface area contributed by atoms with Crippen LogP contribution in [0.15, 0.2) is 23.1 Å². The van der Waals surface area contributed by atoms with Gasteiger partial charge < -0.3 is 9.80 Å². The van der Waals surface area contributed by atoms with Gasteiger partial charge in [-0.15, -0.1) is 0 Å². The average molecular weight is 410 g/mol. The minimum Gasteiger partial charge on any atom is -0.346 e. The maximum Gasteiger partial charge on any atom is 0.243 e. The van der Waals surface area contributed by atoms with Crippen molar-refractivity contribution in [3.8, 4) is 0 Å². The molecule has 0 aliphatic carbocycles. The Hall–Kier alpha value is -1.93. The molecule has 0 aromatic heterocycles. The Morgan fingerprint density at radius 2 is 1.71 bits per heavy atom. The number of carbonyl (C=O) groups is 2. The summed E-state index contributed by atoms with van der Waals surface area (Å²) >= 11 is 0. The molecule has 2 rings (SSSR count). The molecular formula is C20H31N3O4S. The number of amides is 2. The first kappa shape index (κ1) is 22.4. The Bertz CT molecular complexity index is 815. The SMILES string of the molecule is CCCN(C)C(=O)CCC(=O)N1CCN(S(=O)(=O)c2cc(C)ccc2C)CC1. The zero-order valence-corrected chi connectivity index (χ0v) is 18.1. The van der Waals surface area contributed by atoms with Gasteiger partial charge in [0.2, 0.25) is 21.8 Å². The molecule has 2 amide bonds. The Morgan fingerprint density at radius 1 is 1.07 bits per heavy atom. The number of carbonyl (C=O) groups excluding carboxylic acids is 2. The quantitative estimate of drug-likeness (QED) is 0.688. The molecular weight excluding hydrogens is 378 g/mol. The molecule has 1 saturated heterocycles. The third-order valence-corrected chi connectivity index (χ3v) is 7.13. The number of piperazine rings is 1. The monoisotopic (exact) mass is 409 g/mol. The molecule has 0 spiro atoms. The summed E-state index contributed by atoms with van der Waals surface area (Å²) < 4.78 is 27.4. The van der Waals surface area contributed by atoms with E-state index in [1.165, 1.54) is 4.31 Å². The van der Waals surface area contributed by atoms with Crippen LogP contribution < -0.4 is 0 Å². The average Bonchev–Trinajstić information content (AvgIpc) is 2.67. The second kappa shape index (κ2) is 9.52. The fraction of sp³-hybridized carbons (Fsp3) is 0.600. The molecule has 1 aromatic rings. The van der Waals surface area contributed by atoms with E-state index in [1.807, 2.05) is 26.0 Å². The molecule has 0 bridgehead atoms. The van der Waals surface area contributed by atoms with Crippen LogP contribution in [0.2, 0.25) is 0 Å². The van der Waals surface area contributed by atoms with Gasteiger partial charge in [-0.05, 0) is 37.5 Å². The molecule has 156 valence electrons. The van der Waals surface area contributed by atoms with Crippen LogP contribution in [-0.4, -0.2) is 74.1 Å². The van der Waals surface area contributed by atoms with Gasteiger partial charge in [0.25, 0.3) is 0 Å². The predicted molar refractivity (Wildman–Crippen MR) is 108 cm³/mol. The summed E-state index contributed by atoms with van der Waals surface area (Å²) in [5, 5.41) is 0. The first-order chi connectivity index (χ1) is 13.2. The molecule has 0 atom stereocenters. The van der Waals surface area contributed by atoms with E-state index in [2.05, 4.69) is 0 Å². The lowest BCUT2D eigenvalue weighted by Gasteiger charge is -2.34. The van der Waals surface area contributed by atoms with Crippen molar-refractivity contribution in [1.82, 2.24) is 14.1 Å². The van der Waals surface area contributed by atoms with Crippen LogP contribution in [-0.2, 0) is 19.6 Å². The Labute approximate surface area is 168 Å². The lowest BCUT2D eigenvalue weighted by Crippen LogP contribution is -2.50. The third kappa shape index (κ3) is 5.32. The lowest BCUT2D eigenvalue weighted by atomic mass is 10.2. The van der Waals surface area contributed by atoms with Crippen molar-refractivity contribution in [2.24, 2.45) is 0 Å². The van der Waals surface area contributed by atoms with Gasteiger partial charge in [-0.2, -0.15) is 4.31 Å². The fourth-order valence-electron chi connectivity index (χ4n) is 3.33. The highest BCUT2D eigenvalue weighted by Crippen LogP contribution is 2.22. The highest BCUT2D eigenvalue weighted by Gasteiger charge is 2.31. The third-order valence-electron chi connectivity index (χ3n) is 5.09. The molecule has 1 aliphatic rings. The molecule has 0 radical (unpaired) electrons. The number of aryl methyl sites for hydroxylation is 2. The molecule has 1 aliphatic heterocycles. The van der Waals surface area contributed by atoms with Crippen molar-refractivity contribution in [1.29, 1.82) is 0 Å². The van der Waals surface area contributed by atoms with Gasteiger partial charge in [0.05, 0.1) is 4.90 Å². The fourth-order valence-corrected chi connectivity index (χ4v) is 5.06. The van der Waals surface area contributed by atoms with E-state index in [1.54, 1.807) is 29.8 Å². The minimum absolute atomic E-state index is 0.0358. The highest BCUT2D eigenvalue weighted by molar-refractivity contribution is 7.89. The van der Waals surface area contributed by atoms with Crippen LogP contribution in [0.25, 0.3) is 0 Å². The summed E-state index contributed by atoms with van der Waals surface area (Å²) in [4.78, 5) is 28.0. The first-order valence-corrected chi connectivity index (χ1v) is 11.2. The summed E-state index contributed by atoms with van der Waals surface area (Å²) in [7, 11) is -1.83. The summed E-state index contributed by atoms with van der Waals surface area (Å²) in [5.74, 6) is -0.131. The van der Waals surface area contributed by atoms with Gasteiger partial charge in [0, 0.05) is 52.6 Å². The predicted octanol–water partition coefficient (Wildman–Crippen LogP) is 1.78. The molecule has 0 saturated carbocycles. The Morgan fingerprint density at radius 3 is 2.32 bits per heavy atom. The Balaban J connectivity index is 1.92. The second-order valence-corrected chi connectivity index (χ2v) is 9.28. The smallest absolute Gasteiger partial charge is 0.243 e. The highest BCUT2D eigenvalue weighted by atomic mass is 32.2. The van der Waals surface area contributed by atoms with Crippen molar-refractivity contribution in [2.45, 2.75) is 44.9 Å². The van der Waals surface area contributed by atoms with E-state index in [9.17, 15) is 18.0 Å². The molecule has 28 heavy (non-hydrogen) atoms. The number of nitrogens with zero attached hydrogens (tertiary/aromatic N) is 3. The zero-order chi connectivity index (χ0) is 20.9.